The Bertz CT molecular complexity index is 128. The Morgan fingerprint density at radius 3 is 2.08 bits per heavy atom. The maximum absolute atomic E-state index is 11.1. The van der Waals surface area contributed by atoms with Crippen molar-refractivity contribution >= 4 is 18.3 Å². The van der Waals surface area contributed by atoms with Crippen molar-refractivity contribution in [2.75, 3.05) is 14.1 Å². The standard InChI is InChI=1S/C8H18N2O.ClH/c1-6(2)5-7(9-3)8(11)10-4;/h6-7,9H,5H2,1-4H3,(H,10,11);1H. The van der Waals surface area contributed by atoms with Crippen LogP contribution in [-0.4, -0.2) is 26.0 Å². The van der Waals surface area contributed by atoms with Crippen molar-refractivity contribution in [1.82, 2.24) is 10.6 Å². The lowest BCUT2D eigenvalue weighted by molar-refractivity contribution is -0.122. The van der Waals surface area contributed by atoms with E-state index in [4.69, 9.17) is 0 Å². The molecular weight excluding hydrogens is 176 g/mol. The lowest BCUT2D eigenvalue weighted by atomic mass is 10.0. The molecule has 0 heterocycles. The lowest BCUT2D eigenvalue weighted by Crippen LogP contribution is -2.41. The van der Waals surface area contributed by atoms with Crippen LogP contribution in [-0.2, 0) is 4.79 Å². The highest BCUT2D eigenvalue weighted by Crippen LogP contribution is 2.03. The minimum absolute atomic E-state index is 0. The van der Waals surface area contributed by atoms with E-state index in [0.29, 0.717) is 5.92 Å². The summed E-state index contributed by atoms with van der Waals surface area (Å²) in [5.74, 6) is 0.617. The van der Waals surface area contributed by atoms with E-state index in [2.05, 4.69) is 24.5 Å². The zero-order valence-electron chi connectivity index (χ0n) is 8.18. The van der Waals surface area contributed by atoms with E-state index >= 15 is 0 Å². The van der Waals surface area contributed by atoms with Gasteiger partial charge in [0.1, 0.15) is 0 Å². The first kappa shape index (κ1) is 14.3. The van der Waals surface area contributed by atoms with Gasteiger partial charge in [-0.3, -0.25) is 4.79 Å². The molecule has 1 unspecified atom stereocenters. The van der Waals surface area contributed by atoms with E-state index in [0.717, 1.165) is 6.42 Å². The van der Waals surface area contributed by atoms with Crippen LogP contribution >= 0.6 is 12.4 Å². The Morgan fingerprint density at radius 2 is 1.83 bits per heavy atom. The summed E-state index contributed by atoms with van der Waals surface area (Å²) in [6.07, 6.45) is 0.885. The first-order valence-electron chi connectivity index (χ1n) is 4.00. The van der Waals surface area contributed by atoms with Crippen LogP contribution in [0, 0.1) is 5.92 Å². The summed E-state index contributed by atoms with van der Waals surface area (Å²) in [5, 5.41) is 5.59. The Balaban J connectivity index is 0. The van der Waals surface area contributed by atoms with Gasteiger partial charge in [-0.15, -0.1) is 12.4 Å². The number of likely N-dealkylation sites (N-methyl/N-ethyl adjacent to an activating group) is 2. The number of carbonyl (C=O) groups excluding carboxylic acids is 1. The minimum Gasteiger partial charge on any atom is -0.358 e. The molecule has 3 nitrogen and oxygen atoms in total. The van der Waals surface area contributed by atoms with Gasteiger partial charge in [0.25, 0.3) is 0 Å². The fourth-order valence-corrected chi connectivity index (χ4v) is 1.00. The molecule has 1 atom stereocenters. The monoisotopic (exact) mass is 194 g/mol. The molecule has 0 radical (unpaired) electrons. The lowest BCUT2D eigenvalue weighted by Gasteiger charge is -2.15. The number of nitrogens with one attached hydrogen (secondary N) is 2. The second-order valence-electron chi connectivity index (χ2n) is 3.09. The second kappa shape index (κ2) is 7.37. The zero-order valence-corrected chi connectivity index (χ0v) is 8.99. The largest absolute Gasteiger partial charge is 0.358 e. The van der Waals surface area contributed by atoms with Crippen LogP contribution in [0.5, 0.6) is 0 Å². The van der Waals surface area contributed by atoms with Crippen LogP contribution in [0.1, 0.15) is 20.3 Å². The van der Waals surface area contributed by atoms with Crippen LogP contribution in [0.2, 0.25) is 0 Å². The fourth-order valence-electron chi connectivity index (χ4n) is 1.00. The van der Waals surface area contributed by atoms with E-state index in [1.54, 1.807) is 7.05 Å². The van der Waals surface area contributed by atoms with Crippen LogP contribution in [0.25, 0.3) is 0 Å². The Kier molecular flexibility index (Phi) is 8.76. The van der Waals surface area contributed by atoms with Gasteiger partial charge in [0.2, 0.25) is 5.91 Å². The van der Waals surface area contributed by atoms with Gasteiger partial charge in [-0.05, 0) is 19.4 Å². The topological polar surface area (TPSA) is 41.1 Å². The number of hydrogen-bond acceptors (Lipinski definition) is 2. The minimum atomic E-state index is -0.0417. The first-order chi connectivity index (χ1) is 5.11. The van der Waals surface area contributed by atoms with Crippen LogP contribution in [0.4, 0.5) is 0 Å². The summed E-state index contributed by atoms with van der Waals surface area (Å²) < 4.78 is 0. The van der Waals surface area contributed by atoms with Gasteiger partial charge in [0.05, 0.1) is 6.04 Å². The van der Waals surface area contributed by atoms with Crippen LogP contribution in [0.3, 0.4) is 0 Å². The molecule has 1 amide bonds. The van der Waals surface area contributed by atoms with Gasteiger partial charge in [-0.1, -0.05) is 13.8 Å². The molecule has 2 N–H and O–H groups in total. The van der Waals surface area contributed by atoms with Crippen molar-refractivity contribution in [3.8, 4) is 0 Å². The molecule has 0 aromatic heterocycles. The maximum atomic E-state index is 11.1. The number of hydrogen-bond donors (Lipinski definition) is 2. The summed E-state index contributed by atoms with van der Waals surface area (Å²) in [4.78, 5) is 11.1. The Hall–Kier alpha value is -0.280. The van der Waals surface area contributed by atoms with E-state index in [9.17, 15) is 4.79 Å². The van der Waals surface area contributed by atoms with Crippen LogP contribution < -0.4 is 10.6 Å². The number of halogens is 1. The van der Waals surface area contributed by atoms with Gasteiger partial charge < -0.3 is 10.6 Å². The highest BCUT2D eigenvalue weighted by molar-refractivity contribution is 5.85. The molecule has 74 valence electrons. The number of rotatable bonds is 4. The van der Waals surface area contributed by atoms with E-state index in [1.807, 2.05) is 7.05 Å². The molecule has 0 aromatic rings. The van der Waals surface area contributed by atoms with Crippen molar-refractivity contribution in [2.45, 2.75) is 26.3 Å². The van der Waals surface area contributed by atoms with E-state index < -0.39 is 0 Å². The average molecular weight is 195 g/mol. The van der Waals surface area contributed by atoms with Crippen molar-refractivity contribution in [3.63, 3.8) is 0 Å². The van der Waals surface area contributed by atoms with Gasteiger partial charge >= 0.3 is 0 Å². The fraction of sp³-hybridized carbons (Fsp3) is 0.875. The maximum Gasteiger partial charge on any atom is 0.236 e. The number of amides is 1. The normalized spacial score (nSPS) is 12.1. The molecule has 0 aliphatic rings. The molecular formula is C8H19ClN2O. The molecule has 0 aromatic carbocycles. The molecule has 4 heteroatoms. The third-order valence-corrected chi connectivity index (χ3v) is 1.62. The summed E-state index contributed by atoms with van der Waals surface area (Å²) in [6.45, 7) is 4.21. The Labute approximate surface area is 80.7 Å². The highest BCUT2D eigenvalue weighted by atomic mass is 35.5. The van der Waals surface area contributed by atoms with Gasteiger partial charge in [0.15, 0.2) is 0 Å². The molecule has 0 aliphatic carbocycles. The highest BCUT2D eigenvalue weighted by Gasteiger charge is 2.15. The van der Waals surface area contributed by atoms with Gasteiger partial charge in [-0.25, -0.2) is 0 Å². The van der Waals surface area contributed by atoms with Gasteiger partial charge in [0, 0.05) is 7.05 Å². The molecule has 0 spiro atoms. The van der Waals surface area contributed by atoms with E-state index in [1.165, 1.54) is 0 Å². The average Bonchev–Trinajstić information content (AvgIpc) is 1.98. The molecule has 0 aliphatic heterocycles. The first-order valence-corrected chi connectivity index (χ1v) is 4.00. The van der Waals surface area contributed by atoms with Crippen molar-refractivity contribution < 1.29 is 4.79 Å². The summed E-state index contributed by atoms with van der Waals surface area (Å²) in [6, 6.07) is -0.0417. The molecule has 0 saturated heterocycles. The summed E-state index contributed by atoms with van der Waals surface area (Å²) >= 11 is 0. The summed E-state index contributed by atoms with van der Waals surface area (Å²) in [7, 11) is 3.47. The zero-order chi connectivity index (χ0) is 8.85. The van der Waals surface area contributed by atoms with Crippen LogP contribution in [0.15, 0.2) is 0 Å². The van der Waals surface area contributed by atoms with Gasteiger partial charge in [-0.2, -0.15) is 0 Å². The second-order valence-corrected chi connectivity index (χ2v) is 3.09. The molecule has 0 rings (SSSR count). The quantitative estimate of drug-likeness (QED) is 0.695. The Morgan fingerprint density at radius 1 is 1.33 bits per heavy atom. The van der Waals surface area contributed by atoms with Crippen molar-refractivity contribution in [3.05, 3.63) is 0 Å². The number of carbonyl (C=O) groups is 1. The van der Waals surface area contributed by atoms with E-state index in [-0.39, 0.29) is 24.4 Å². The SMILES string of the molecule is CNC(=O)C(CC(C)C)NC.Cl. The van der Waals surface area contributed by atoms with Crippen molar-refractivity contribution in [1.29, 1.82) is 0 Å². The molecule has 0 fully saturated rings. The smallest absolute Gasteiger partial charge is 0.236 e. The third kappa shape index (κ3) is 5.38. The third-order valence-electron chi connectivity index (χ3n) is 1.62. The molecule has 12 heavy (non-hydrogen) atoms. The molecule has 0 saturated carbocycles. The predicted octanol–water partition coefficient (Wildman–Crippen LogP) is 0.788. The predicted molar refractivity (Wildman–Crippen MR) is 53.6 cm³/mol. The molecule has 0 bridgehead atoms. The van der Waals surface area contributed by atoms with Crippen molar-refractivity contribution in [2.24, 2.45) is 5.92 Å². The summed E-state index contributed by atoms with van der Waals surface area (Å²) in [5.41, 5.74) is 0.